The highest BCUT2D eigenvalue weighted by Crippen LogP contribution is 2.30. The Hall–Kier alpha value is -3.16. The van der Waals surface area contributed by atoms with Gasteiger partial charge in [-0.2, -0.15) is 8.78 Å². The quantitative estimate of drug-likeness (QED) is 0.790. The Balaban J connectivity index is 1.83. The molecule has 0 unspecified atom stereocenters. The number of primary amides is 1. The molecule has 1 saturated heterocycles. The van der Waals surface area contributed by atoms with E-state index >= 15 is 0 Å². The molecule has 8 heteroatoms. The van der Waals surface area contributed by atoms with E-state index in [0.717, 1.165) is 38.0 Å². The molecule has 3 rings (SSSR count). The molecule has 1 aliphatic rings. The fourth-order valence-corrected chi connectivity index (χ4v) is 3.18. The van der Waals surface area contributed by atoms with E-state index in [1.165, 1.54) is 24.3 Å². The number of anilines is 2. The second-order valence-corrected chi connectivity index (χ2v) is 6.50. The number of nitrogens with one attached hydrogen (secondary N) is 1. The Bertz CT molecular complexity index is 850. The van der Waals surface area contributed by atoms with Gasteiger partial charge < -0.3 is 20.7 Å². The van der Waals surface area contributed by atoms with Gasteiger partial charge in [-0.15, -0.1) is 0 Å². The van der Waals surface area contributed by atoms with Crippen LogP contribution >= 0.6 is 0 Å². The van der Waals surface area contributed by atoms with E-state index in [1.54, 1.807) is 18.2 Å². The molecular formula is C20H21F2N3O3. The Morgan fingerprint density at radius 2 is 1.64 bits per heavy atom. The maximum absolute atomic E-state index is 12.6. The number of alkyl halides is 2. The molecular weight excluding hydrogens is 368 g/mol. The van der Waals surface area contributed by atoms with Gasteiger partial charge in [-0.3, -0.25) is 9.59 Å². The van der Waals surface area contributed by atoms with Crippen LogP contribution in [0.25, 0.3) is 0 Å². The Labute approximate surface area is 161 Å². The molecule has 0 bridgehead atoms. The van der Waals surface area contributed by atoms with Crippen LogP contribution in [0.2, 0.25) is 0 Å². The third kappa shape index (κ3) is 4.76. The van der Waals surface area contributed by atoms with Gasteiger partial charge in [0.2, 0.25) is 5.91 Å². The summed E-state index contributed by atoms with van der Waals surface area (Å²) in [5.41, 5.74) is 7.23. The van der Waals surface area contributed by atoms with Crippen molar-refractivity contribution in [3.8, 4) is 5.75 Å². The van der Waals surface area contributed by atoms with Gasteiger partial charge in [0.1, 0.15) is 5.75 Å². The first-order chi connectivity index (χ1) is 13.4. The van der Waals surface area contributed by atoms with E-state index in [9.17, 15) is 18.4 Å². The second-order valence-electron chi connectivity index (χ2n) is 6.50. The Morgan fingerprint density at radius 3 is 2.25 bits per heavy atom. The van der Waals surface area contributed by atoms with E-state index in [2.05, 4.69) is 15.0 Å². The predicted octanol–water partition coefficient (Wildman–Crippen LogP) is 3.63. The van der Waals surface area contributed by atoms with Crippen LogP contribution < -0.4 is 20.7 Å². The third-order valence-corrected chi connectivity index (χ3v) is 4.57. The monoisotopic (exact) mass is 389 g/mol. The van der Waals surface area contributed by atoms with Gasteiger partial charge in [-0.05, 0) is 61.7 Å². The molecule has 0 radical (unpaired) electrons. The van der Waals surface area contributed by atoms with Gasteiger partial charge >= 0.3 is 6.61 Å². The first-order valence-corrected chi connectivity index (χ1v) is 8.99. The second kappa shape index (κ2) is 8.69. The molecule has 0 aromatic heterocycles. The van der Waals surface area contributed by atoms with Crippen molar-refractivity contribution in [1.82, 2.24) is 0 Å². The van der Waals surface area contributed by atoms with E-state index in [4.69, 9.17) is 5.73 Å². The number of carbonyl (C=O) groups excluding carboxylic acids is 2. The average molecular weight is 389 g/mol. The summed E-state index contributed by atoms with van der Waals surface area (Å²) >= 11 is 0. The molecule has 28 heavy (non-hydrogen) atoms. The molecule has 2 aromatic carbocycles. The van der Waals surface area contributed by atoms with Gasteiger partial charge in [-0.1, -0.05) is 0 Å². The summed E-state index contributed by atoms with van der Waals surface area (Å²) in [6, 6.07) is 10.4. The number of ether oxygens (including phenoxy) is 1. The number of hydrogen-bond acceptors (Lipinski definition) is 4. The average Bonchev–Trinajstić information content (AvgIpc) is 2.68. The van der Waals surface area contributed by atoms with Crippen molar-refractivity contribution in [2.45, 2.75) is 25.9 Å². The molecule has 0 atom stereocenters. The van der Waals surface area contributed by atoms with Crippen LogP contribution in [0.5, 0.6) is 5.75 Å². The lowest BCUT2D eigenvalue weighted by Gasteiger charge is -2.30. The molecule has 0 spiro atoms. The van der Waals surface area contributed by atoms with Crippen LogP contribution in [0.15, 0.2) is 42.5 Å². The zero-order valence-corrected chi connectivity index (χ0v) is 15.2. The lowest BCUT2D eigenvalue weighted by molar-refractivity contribution is -0.0498. The predicted molar refractivity (Wildman–Crippen MR) is 102 cm³/mol. The van der Waals surface area contributed by atoms with E-state index < -0.39 is 18.4 Å². The Kier molecular flexibility index (Phi) is 6.08. The maximum Gasteiger partial charge on any atom is 0.387 e. The highest BCUT2D eigenvalue weighted by Gasteiger charge is 2.18. The number of piperidine rings is 1. The number of rotatable bonds is 6. The summed E-state index contributed by atoms with van der Waals surface area (Å²) in [4.78, 5) is 26.3. The summed E-state index contributed by atoms with van der Waals surface area (Å²) in [7, 11) is 0. The minimum atomic E-state index is -2.93. The summed E-state index contributed by atoms with van der Waals surface area (Å²) in [5.74, 6) is -1.05. The molecule has 0 aliphatic carbocycles. The number of hydrogen-bond donors (Lipinski definition) is 2. The van der Waals surface area contributed by atoms with Gasteiger partial charge in [-0.25, -0.2) is 0 Å². The topological polar surface area (TPSA) is 84.7 Å². The van der Waals surface area contributed by atoms with Crippen molar-refractivity contribution in [3.05, 3.63) is 53.6 Å². The van der Waals surface area contributed by atoms with Crippen molar-refractivity contribution in [3.63, 3.8) is 0 Å². The SMILES string of the molecule is NC(=O)c1ccc(N2CCCCC2)c(NC(=O)c2ccc(OC(F)F)cc2)c1. The van der Waals surface area contributed by atoms with Crippen LogP contribution in [0.4, 0.5) is 20.2 Å². The molecule has 3 N–H and O–H groups in total. The molecule has 6 nitrogen and oxygen atoms in total. The summed E-state index contributed by atoms with van der Waals surface area (Å²) in [6.45, 7) is -1.21. The number of benzene rings is 2. The zero-order valence-electron chi connectivity index (χ0n) is 15.2. The molecule has 1 heterocycles. The zero-order chi connectivity index (χ0) is 20.1. The first-order valence-electron chi connectivity index (χ1n) is 8.99. The van der Waals surface area contributed by atoms with Gasteiger partial charge in [0.15, 0.2) is 0 Å². The molecule has 0 saturated carbocycles. The molecule has 2 aromatic rings. The van der Waals surface area contributed by atoms with E-state index in [-0.39, 0.29) is 16.9 Å². The fraction of sp³-hybridized carbons (Fsp3) is 0.300. The lowest BCUT2D eigenvalue weighted by Crippen LogP contribution is -2.30. The van der Waals surface area contributed by atoms with E-state index in [0.29, 0.717) is 5.69 Å². The fourth-order valence-electron chi connectivity index (χ4n) is 3.18. The van der Waals surface area contributed by atoms with Crippen LogP contribution in [0.3, 0.4) is 0 Å². The standard InChI is InChI=1S/C20H21F2N3O3/c21-20(22)28-15-7-4-13(5-8-15)19(27)24-16-12-14(18(23)26)6-9-17(16)25-10-2-1-3-11-25/h4-9,12,20H,1-3,10-11H2,(H2,23,26)(H,24,27). The first kappa shape index (κ1) is 19.6. The smallest absolute Gasteiger partial charge is 0.387 e. The number of nitrogens with zero attached hydrogens (tertiary/aromatic N) is 1. The number of halogens is 2. The van der Waals surface area contributed by atoms with Crippen molar-refractivity contribution in [2.24, 2.45) is 5.73 Å². The lowest BCUT2D eigenvalue weighted by atomic mass is 10.1. The minimum absolute atomic E-state index is 0.0312. The van der Waals surface area contributed by atoms with E-state index in [1.807, 2.05) is 0 Å². The number of carbonyl (C=O) groups is 2. The summed E-state index contributed by atoms with van der Waals surface area (Å²) in [6.07, 6.45) is 3.26. The Morgan fingerprint density at radius 1 is 1.00 bits per heavy atom. The summed E-state index contributed by atoms with van der Waals surface area (Å²) in [5, 5.41) is 2.80. The maximum atomic E-state index is 12.6. The van der Waals surface area contributed by atoms with Crippen LogP contribution in [0.1, 0.15) is 40.0 Å². The normalized spacial score (nSPS) is 14.0. The third-order valence-electron chi connectivity index (χ3n) is 4.57. The summed E-state index contributed by atoms with van der Waals surface area (Å²) < 4.78 is 28.8. The molecule has 1 fully saturated rings. The highest BCUT2D eigenvalue weighted by molar-refractivity contribution is 6.07. The molecule has 1 aliphatic heterocycles. The molecule has 148 valence electrons. The molecule has 2 amide bonds. The number of nitrogens with two attached hydrogens (primary N) is 1. The van der Waals surface area contributed by atoms with Crippen LogP contribution in [-0.4, -0.2) is 31.5 Å². The van der Waals surface area contributed by atoms with Gasteiger partial charge in [0.05, 0.1) is 11.4 Å². The van der Waals surface area contributed by atoms with Gasteiger partial charge in [0.25, 0.3) is 5.91 Å². The van der Waals surface area contributed by atoms with Crippen LogP contribution in [0, 0.1) is 0 Å². The van der Waals surface area contributed by atoms with Gasteiger partial charge in [0, 0.05) is 24.2 Å². The van der Waals surface area contributed by atoms with Crippen molar-refractivity contribution < 1.29 is 23.1 Å². The van der Waals surface area contributed by atoms with Crippen LogP contribution in [-0.2, 0) is 0 Å². The van der Waals surface area contributed by atoms with Crippen molar-refractivity contribution in [2.75, 3.05) is 23.3 Å². The number of amides is 2. The highest BCUT2D eigenvalue weighted by atomic mass is 19.3. The largest absolute Gasteiger partial charge is 0.435 e. The van der Waals surface area contributed by atoms with Crippen molar-refractivity contribution >= 4 is 23.2 Å². The van der Waals surface area contributed by atoms with Crippen molar-refractivity contribution in [1.29, 1.82) is 0 Å². The minimum Gasteiger partial charge on any atom is -0.435 e.